The van der Waals surface area contributed by atoms with Crippen molar-refractivity contribution in [2.45, 2.75) is 26.2 Å². The minimum absolute atomic E-state index is 0.0367. The predicted octanol–water partition coefficient (Wildman–Crippen LogP) is 2.65. The van der Waals surface area contributed by atoms with Crippen LogP contribution in [-0.2, 0) is 4.79 Å². The van der Waals surface area contributed by atoms with E-state index in [-0.39, 0.29) is 5.91 Å². The lowest BCUT2D eigenvalue weighted by Crippen LogP contribution is -2.33. The van der Waals surface area contributed by atoms with Crippen LogP contribution in [-0.4, -0.2) is 37.6 Å². The Morgan fingerprint density at radius 2 is 2.24 bits per heavy atom. The molecule has 0 saturated heterocycles. The Hall–Kier alpha value is -2.06. The maximum Gasteiger partial charge on any atom is 0.238 e. The highest BCUT2D eigenvalue weighted by Gasteiger charge is 2.09. The number of benzene rings is 1. The van der Waals surface area contributed by atoms with Gasteiger partial charge in [0.2, 0.25) is 5.91 Å². The number of hydrogen-bond donors (Lipinski definition) is 1. The van der Waals surface area contributed by atoms with E-state index in [0.29, 0.717) is 13.0 Å². The van der Waals surface area contributed by atoms with Gasteiger partial charge in [-0.25, -0.2) is 0 Å². The zero-order valence-electron chi connectivity index (χ0n) is 12.8. The summed E-state index contributed by atoms with van der Waals surface area (Å²) in [5, 5.41) is 11.4. The number of rotatable bonds is 9. The summed E-state index contributed by atoms with van der Waals surface area (Å²) in [6, 6.07) is 9.44. The fourth-order valence-corrected chi connectivity index (χ4v) is 1.99. The quantitative estimate of drug-likeness (QED) is 0.710. The van der Waals surface area contributed by atoms with Crippen LogP contribution in [0.5, 0.6) is 5.75 Å². The van der Waals surface area contributed by atoms with Crippen LogP contribution < -0.4 is 10.1 Å². The summed E-state index contributed by atoms with van der Waals surface area (Å²) in [5.41, 5.74) is 0.736. The topological polar surface area (TPSA) is 65.4 Å². The van der Waals surface area contributed by atoms with E-state index in [1.165, 1.54) is 0 Å². The molecular weight excluding hydrogens is 266 g/mol. The summed E-state index contributed by atoms with van der Waals surface area (Å²) in [4.78, 5) is 14.1. The molecule has 0 fully saturated rings. The Balaban J connectivity index is 2.41. The van der Waals surface area contributed by atoms with Gasteiger partial charge in [0.25, 0.3) is 0 Å². The van der Waals surface area contributed by atoms with Gasteiger partial charge in [0.1, 0.15) is 5.75 Å². The number of likely N-dealkylation sites (N-methyl/N-ethyl adjacent to an activating group) is 1. The average Bonchev–Trinajstić information content (AvgIpc) is 2.50. The van der Waals surface area contributed by atoms with Crippen LogP contribution >= 0.6 is 0 Å². The number of carbonyl (C=O) groups excluding carboxylic acids is 1. The van der Waals surface area contributed by atoms with Crippen molar-refractivity contribution >= 4 is 11.6 Å². The third kappa shape index (κ3) is 6.77. The molecule has 0 aromatic heterocycles. The SMILES string of the molecule is CCN(CCCCC#N)CC(=O)Nc1cccc(OC)c1. The first-order chi connectivity index (χ1) is 10.2. The average molecular weight is 289 g/mol. The lowest BCUT2D eigenvalue weighted by molar-refractivity contribution is -0.117. The van der Waals surface area contributed by atoms with Gasteiger partial charge >= 0.3 is 0 Å². The molecule has 1 aromatic rings. The molecule has 114 valence electrons. The van der Waals surface area contributed by atoms with E-state index in [1.54, 1.807) is 13.2 Å². The van der Waals surface area contributed by atoms with Gasteiger partial charge in [-0.2, -0.15) is 5.26 Å². The van der Waals surface area contributed by atoms with E-state index >= 15 is 0 Å². The first kappa shape index (κ1) is 17.0. The minimum atomic E-state index is -0.0367. The highest BCUT2D eigenvalue weighted by molar-refractivity contribution is 5.92. The molecule has 5 heteroatoms. The lowest BCUT2D eigenvalue weighted by atomic mass is 10.2. The Kier molecular flexibility index (Phi) is 7.92. The summed E-state index contributed by atoms with van der Waals surface area (Å²) in [7, 11) is 1.60. The molecule has 21 heavy (non-hydrogen) atoms. The molecule has 1 aromatic carbocycles. The number of ether oxygens (including phenoxy) is 1. The zero-order valence-corrected chi connectivity index (χ0v) is 12.8. The van der Waals surface area contributed by atoms with Crippen molar-refractivity contribution in [3.8, 4) is 11.8 Å². The molecular formula is C16H23N3O2. The first-order valence-corrected chi connectivity index (χ1v) is 7.22. The zero-order chi connectivity index (χ0) is 15.5. The largest absolute Gasteiger partial charge is 0.497 e. The third-order valence-electron chi connectivity index (χ3n) is 3.18. The molecule has 0 heterocycles. The molecule has 0 spiro atoms. The van der Waals surface area contributed by atoms with Crippen LogP contribution in [0.3, 0.4) is 0 Å². The maximum absolute atomic E-state index is 12.0. The van der Waals surface area contributed by atoms with Gasteiger partial charge in [-0.1, -0.05) is 13.0 Å². The van der Waals surface area contributed by atoms with E-state index < -0.39 is 0 Å². The van der Waals surface area contributed by atoms with Crippen molar-refractivity contribution in [3.05, 3.63) is 24.3 Å². The molecule has 0 radical (unpaired) electrons. The Morgan fingerprint density at radius 1 is 1.43 bits per heavy atom. The molecule has 5 nitrogen and oxygen atoms in total. The third-order valence-corrected chi connectivity index (χ3v) is 3.18. The number of carbonyl (C=O) groups is 1. The van der Waals surface area contributed by atoms with E-state index in [0.717, 1.165) is 37.4 Å². The number of methoxy groups -OCH3 is 1. The number of nitriles is 1. The van der Waals surface area contributed by atoms with Crippen LogP contribution in [0.15, 0.2) is 24.3 Å². The van der Waals surface area contributed by atoms with E-state index in [4.69, 9.17) is 10.00 Å². The minimum Gasteiger partial charge on any atom is -0.497 e. The van der Waals surface area contributed by atoms with Crippen LogP contribution in [0.1, 0.15) is 26.2 Å². The van der Waals surface area contributed by atoms with Crippen LogP contribution in [0.4, 0.5) is 5.69 Å². The smallest absolute Gasteiger partial charge is 0.238 e. The molecule has 0 unspecified atom stereocenters. The van der Waals surface area contributed by atoms with Gasteiger partial charge < -0.3 is 10.1 Å². The lowest BCUT2D eigenvalue weighted by Gasteiger charge is -2.19. The highest BCUT2D eigenvalue weighted by Crippen LogP contribution is 2.16. The summed E-state index contributed by atoms with van der Waals surface area (Å²) in [6.07, 6.45) is 2.39. The van der Waals surface area contributed by atoms with Gasteiger partial charge in [0.15, 0.2) is 0 Å². The number of nitrogens with zero attached hydrogens (tertiary/aromatic N) is 2. The van der Waals surface area contributed by atoms with E-state index in [1.807, 2.05) is 25.1 Å². The van der Waals surface area contributed by atoms with E-state index in [2.05, 4.69) is 16.3 Å². The summed E-state index contributed by atoms with van der Waals surface area (Å²) >= 11 is 0. The first-order valence-electron chi connectivity index (χ1n) is 7.22. The van der Waals surface area contributed by atoms with Crippen molar-refractivity contribution in [1.29, 1.82) is 5.26 Å². The molecule has 0 bridgehead atoms. The highest BCUT2D eigenvalue weighted by atomic mass is 16.5. The van der Waals surface area contributed by atoms with Crippen molar-refractivity contribution in [3.63, 3.8) is 0 Å². The van der Waals surface area contributed by atoms with Crippen LogP contribution in [0.2, 0.25) is 0 Å². The summed E-state index contributed by atoms with van der Waals surface area (Å²) in [5.74, 6) is 0.682. The maximum atomic E-state index is 12.0. The van der Waals surface area contributed by atoms with E-state index in [9.17, 15) is 4.79 Å². The molecule has 0 aliphatic rings. The molecule has 1 N–H and O–H groups in total. The van der Waals surface area contributed by atoms with Crippen molar-refractivity contribution in [2.24, 2.45) is 0 Å². The molecule has 1 amide bonds. The second-order valence-electron chi connectivity index (χ2n) is 4.76. The number of anilines is 1. The van der Waals surface area contributed by atoms with Gasteiger partial charge in [-0.05, 0) is 38.1 Å². The fourth-order valence-electron chi connectivity index (χ4n) is 1.99. The summed E-state index contributed by atoms with van der Waals surface area (Å²) < 4.78 is 5.13. The Labute approximate surface area is 126 Å². The molecule has 0 saturated carbocycles. The fraction of sp³-hybridized carbons (Fsp3) is 0.500. The van der Waals surface area contributed by atoms with Crippen LogP contribution in [0.25, 0.3) is 0 Å². The molecule has 0 aliphatic carbocycles. The second-order valence-corrected chi connectivity index (χ2v) is 4.76. The number of amides is 1. The van der Waals surface area contributed by atoms with Crippen molar-refractivity contribution in [1.82, 2.24) is 4.90 Å². The Bertz CT molecular complexity index is 483. The summed E-state index contributed by atoms with van der Waals surface area (Å²) in [6.45, 7) is 4.05. The van der Waals surface area contributed by atoms with Gasteiger partial charge in [0, 0.05) is 18.2 Å². The van der Waals surface area contributed by atoms with Crippen molar-refractivity contribution < 1.29 is 9.53 Å². The van der Waals surface area contributed by atoms with Gasteiger partial charge in [-0.3, -0.25) is 9.69 Å². The number of unbranched alkanes of at least 4 members (excludes halogenated alkanes) is 2. The van der Waals surface area contributed by atoms with Crippen molar-refractivity contribution in [2.75, 3.05) is 32.1 Å². The molecule has 0 aliphatic heterocycles. The molecule has 1 rings (SSSR count). The normalized spacial score (nSPS) is 10.2. The monoisotopic (exact) mass is 289 g/mol. The van der Waals surface area contributed by atoms with Crippen LogP contribution in [0, 0.1) is 11.3 Å². The Morgan fingerprint density at radius 3 is 2.90 bits per heavy atom. The standard InChI is InChI=1S/C16H23N3O2/c1-3-19(11-6-4-5-10-17)13-16(20)18-14-8-7-9-15(12-14)21-2/h7-9,12H,3-6,11,13H2,1-2H3,(H,18,20). The predicted molar refractivity (Wildman–Crippen MR) is 83.2 cm³/mol. The van der Waals surface area contributed by atoms with Gasteiger partial charge in [0.05, 0.1) is 19.7 Å². The molecule has 0 atom stereocenters. The number of hydrogen-bond acceptors (Lipinski definition) is 4. The van der Waals surface area contributed by atoms with Gasteiger partial charge in [-0.15, -0.1) is 0 Å². The number of nitrogens with one attached hydrogen (secondary N) is 1. The second kappa shape index (κ2) is 9.78.